The third-order valence-corrected chi connectivity index (χ3v) is 8.30. The quantitative estimate of drug-likeness (QED) is 0.285. The number of piperidine rings is 1. The number of amides is 2. The minimum Gasteiger partial charge on any atom is -0.369 e. The van der Waals surface area contributed by atoms with Crippen molar-refractivity contribution in [3.8, 4) is 0 Å². The van der Waals surface area contributed by atoms with Gasteiger partial charge in [-0.2, -0.15) is 18.3 Å². The number of fused-ring (bicyclic) bond motifs is 1. The third-order valence-electron chi connectivity index (χ3n) is 8.30. The summed E-state index contributed by atoms with van der Waals surface area (Å²) < 4.78 is 85.2. The van der Waals surface area contributed by atoms with E-state index in [4.69, 9.17) is 5.10 Å². The first kappa shape index (κ1) is 27.5. The number of aromatic nitrogens is 2. The van der Waals surface area contributed by atoms with Crippen molar-refractivity contribution in [2.45, 2.75) is 69.9 Å². The Morgan fingerprint density at radius 3 is 2.34 bits per heavy atom. The predicted octanol–water partition coefficient (Wildman–Crippen LogP) is 7.49. The van der Waals surface area contributed by atoms with Gasteiger partial charge in [-0.25, -0.2) is 18.0 Å². The molecule has 1 atom stereocenters. The van der Waals surface area contributed by atoms with Crippen LogP contribution in [-0.4, -0.2) is 39.8 Å². The molecule has 2 fully saturated rings. The lowest BCUT2D eigenvalue weighted by Gasteiger charge is -2.46. The summed E-state index contributed by atoms with van der Waals surface area (Å²) in [4.78, 5) is 18.7. The van der Waals surface area contributed by atoms with Gasteiger partial charge in [-0.15, -0.1) is 0 Å². The van der Waals surface area contributed by atoms with Gasteiger partial charge in [-0.3, -0.25) is 9.58 Å². The fourth-order valence-electron chi connectivity index (χ4n) is 6.11. The Hall–Kier alpha value is -3.70. The molecule has 1 aliphatic carbocycles. The van der Waals surface area contributed by atoms with Crippen LogP contribution in [-0.2, 0) is 12.7 Å². The number of hydrogen-bond donors (Lipinski definition) is 0. The number of anilines is 2. The minimum atomic E-state index is -4.58. The molecule has 0 radical (unpaired) electrons. The second kappa shape index (κ2) is 10.3. The maximum absolute atomic E-state index is 14.6. The maximum atomic E-state index is 14.6. The normalized spacial score (nSPS) is 20.2. The number of alkyl halides is 5. The van der Waals surface area contributed by atoms with Gasteiger partial charge in [0.1, 0.15) is 11.5 Å². The summed E-state index contributed by atoms with van der Waals surface area (Å²) in [6, 6.07) is 7.80. The minimum absolute atomic E-state index is 0.0260. The number of hydrogen-bond acceptors (Lipinski definition) is 3. The fraction of sp³-hybridized carbons (Fsp3) is 0.448. The summed E-state index contributed by atoms with van der Waals surface area (Å²) >= 11 is 0. The van der Waals surface area contributed by atoms with Crippen LogP contribution >= 0.6 is 0 Å². The van der Waals surface area contributed by atoms with Crippen molar-refractivity contribution in [3.63, 3.8) is 0 Å². The molecule has 1 aromatic heterocycles. The second-order valence-electron chi connectivity index (χ2n) is 10.9. The summed E-state index contributed by atoms with van der Waals surface area (Å²) in [5.74, 6) is -0.728. The van der Waals surface area contributed by atoms with Crippen LogP contribution in [0, 0.1) is 5.82 Å². The monoisotopic (exact) mass is 577 g/mol. The molecule has 0 N–H and O–H groups in total. The topological polar surface area (TPSA) is 44.6 Å². The van der Waals surface area contributed by atoms with Crippen LogP contribution in [0.2, 0.25) is 0 Å². The van der Waals surface area contributed by atoms with E-state index >= 15 is 0 Å². The summed E-state index contributed by atoms with van der Waals surface area (Å²) in [6.45, 7) is 2.04. The van der Waals surface area contributed by atoms with Crippen LogP contribution in [0.3, 0.4) is 0 Å². The first-order valence-corrected chi connectivity index (χ1v) is 13.7. The number of carbonyl (C=O) groups is 1. The van der Waals surface area contributed by atoms with Gasteiger partial charge in [0.25, 0.3) is 6.43 Å². The van der Waals surface area contributed by atoms with E-state index < -0.39 is 36.1 Å². The summed E-state index contributed by atoms with van der Waals surface area (Å²) in [5.41, 5.74) is -0.236. The van der Waals surface area contributed by atoms with Crippen molar-refractivity contribution in [1.29, 1.82) is 0 Å². The van der Waals surface area contributed by atoms with Crippen molar-refractivity contribution in [2.24, 2.45) is 0 Å². The zero-order chi connectivity index (χ0) is 29.1. The van der Waals surface area contributed by atoms with E-state index in [1.54, 1.807) is 20.7 Å². The van der Waals surface area contributed by atoms with Gasteiger partial charge in [0, 0.05) is 30.9 Å². The van der Waals surface area contributed by atoms with Crippen LogP contribution in [0.4, 0.5) is 42.5 Å². The average Bonchev–Trinajstić information content (AvgIpc) is 3.69. The Labute approximate surface area is 233 Å². The lowest BCUT2D eigenvalue weighted by molar-refractivity contribution is -0.138. The first-order chi connectivity index (χ1) is 19.5. The van der Waals surface area contributed by atoms with E-state index in [9.17, 15) is 31.1 Å². The van der Waals surface area contributed by atoms with E-state index in [0.29, 0.717) is 24.2 Å². The van der Waals surface area contributed by atoms with Gasteiger partial charge >= 0.3 is 12.2 Å². The number of urea groups is 1. The zero-order valence-corrected chi connectivity index (χ0v) is 22.3. The highest BCUT2D eigenvalue weighted by atomic mass is 19.4. The Kier molecular flexibility index (Phi) is 6.89. The molecule has 41 heavy (non-hydrogen) atoms. The summed E-state index contributed by atoms with van der Waals surface area (Å²) in [5, 5.41) is 4.76. The standard InChI is InChI=1S/C29H29F6N5O/c1-17-25-24(16-39(36-25)19-9-10-19)38(15-18-5-2-3-7-22(18)29(33,34)35)28(41)40(17)20-11-13-37(14-12-20)26-21(27(31)32)6-4-8-23(26)30/h2-8,16-17,19-20,27H,9-15H2,1H3. The Morgan fingerprint density at radius 1 is 0.976 bits per heavy atom. The molecule has 6 rings (SSSR count). The lowest BCUT2D eigenvalue weighted by Crippen LogP contribution is -2.55. The van der Waals surface area contributed by atoms with Crippen molar-refractivity contribution in [1.82, 2.24) is 14.7 Å². The SMILES string of the molecule is CC1c2nn(C3CC3)cc2N(Cc2ccccc2C(F)(F)F)C(=O)N1C1CCN(c2c(F)cccc2C(F)F)CC1. The highest BCUT2D eigenvalue weighted by Gasteiger charge is 2.44. The molecule has 1 unspecified atom stereocenters. The van der Waals surface area contributed by atoms with Crippen molar-refractivity contribution in [2.75, 3.05) is 22.9 Å². The van der Waals surface area contributed by atoms with Crippen LogP contribution in [0.15, 0.2) is 48.7 Å². The summed E-state index contributed by atoms with van der Waals surface area (Å²) in [6.07, 6.45) is -3.04. The molecule has 2 amide bonds. The number of nitrogens with zero attached hydrogens (tertiary/aromatic N) is 5. The molecule has 0 spiro atoms. The molecule has 1 saturated carbocycles. The number of rotatable bonds is 6. The highest BCUT2D eigenvalue weighted by Crippen LogP contribution is 2.44. The van der Waals surface area contributed by atoms with Crippen LogP contribution < -0.4 is 9.80 Å². The maximum Gasteiger partial charge on any atom is 0.416 e. The molecule has 2 aliphatic heterocycles. The molecule has 2 aromatic carbocycles. The Morgan fingerprint density at radius 2 is 1.68 bits per heavy atom. The Bertz CT molecular complexity index is 1440. The number of halogens is 6. The second-order valence-corrected chi connectivity index (χ2v) is 10.9. The molecule has 3 aliphatic rings. The molecular formula is C29H29F6N5O. The molecule has 12 heteroatoms. The molecular weight excluding hydrogens is 548 g/mol. The van der Waals surface area contributed by atoms with Crippen LogP contribution in [0.1, 0.15) is 73.5 Å². The third kappa shape index (κ3) is 5.01. The van der Waals surface area contributed by atoms with Gasteiger partial charge in [-0.1, -0.05) is 30.3 Å². The van der Waals surface area contributed by atoms with Gasteiger partial charge < -0.3 is 9.80 Å². The zero-order valence-electron chi connectivity index (χ0n) is 22.3. The number of benzene rings is 2. The van der Waals surface area contributed by atoms with E-state index in [1.165, 1.54) is 35.2 Å². The fourth-order valence-corrected chi connectivity index (χ4v) is 6.11. The van der Waals surface area contributed by atoms with E-state index in [1.807, 2.05) is 6.92 Å². The predicted molar refractivity (Wildman–Crippen MR) is 140 cm³/mol. The van der Waals surface area contributed by atoms with Gasteiger partial charge in [0.05, 0.1) is 35.6 Å². The number of para-hydroxylation sites is 1. The van der Waals surface area contributed by atoms with Gasteiger partial charge in [0.15, 0.2) is 0 Å². The molecule has 6 nitrogen and oxygen atoms in total. The molecule has 3 heterocycles. The van der Waals surface area contributed by atoms with Crippen molar-refractivity contribution in [3.05, 3.63) is 76.9 Å². The first-order valence-electron chi connectivity index (χ1n) is 13.7. The largest absolute Gasteiger partial charge is 0.416 e. The highest BCUT2D eigenvalue weighted by molar-refractivity contribution is 5.95. The molecule has 3 aromatic rings. The van der Waals surface area contributed by atoms with Crippen LogP contribution in [0.5, 0.6) is 0 Å². The molecule has 1 saturated heterocycles. The van der Waals surface area contributed by atoms with Gasteiger partial charge in [0.2, 0.25) is 0 Å². The molecule has 218 valence electrons. The van der Waals surface area contributed by atoms with Gasteiger partial charge in [-0.05, 0) is 50.3 Å². The van der Waals surface area contributed by atoms with E-state index in [-0.39, 0.29) is 48.5 Å². The summed E-state index contributed by atoms with van der Waals surface area (Å²) in [7, 11) is 0. The Balaban J connectivity index is 1.30. The lowest BCUT2D eigenvalue weighted by atomic mass is 9.97. The average molecular weight is 578 g/mol. The van der Waals surface area contributed by atoms with E-state index in [0.717, 1.165) is 25.0 Å². The van der Waals surface area contributed by atoms with E-state index in [2.05, 4.69) is 0 Å². The number of carbonyl (C=O) groups excluding carboxylic acids is 1. The smallest absolute Gasteiger partial charge is 0.369 e. The van der Waals surface area contributed by atoms with Crippen molar-refractivity contribution >= 4 is 17.4 Å². The van der Waals surface area contributed by atoms with Crippen molar-refractivity contribution < 1.29 is 31.1 Å². The molecule has 0 bridgehead atoms. The van der Waals surface area contributed by atoms with Crippen LogP contribution in [0.25, 0.3) is 0 Å².